The maximum Gasteiger partial charge on any atom is 0.271 e. The quantitative estimate of drug-likeness (QED) is 0.655. The molecule has 1 aromatic carbocycles. The minimum absolute atomic E-state index is 0.112. The minimum Gasteiger partial charge on any atom is -0.348 e. The van der Waals surface area contributed by atoms with E-state index in [1.54, 1.807) is 27.5 Å². The second-order valence-corrected chi connectivity index (χ2v) is 8.95. The first-order valence-corrected chi connectivity index (χ1v) is 11.6. The van der Waals surface area contributed by atoms with E-state index in [1.165, 1.54) is 28.8 Å². The van der Waals surface area contributed by atoms with Crippen LogP contribution in [-0.2, 0) is 19.4 Å². The lowest BCUT2D eigenvalue weighted by Crippen LogP contribution is -2.31. The van der Waals surface area contributed by atoms with Crippen LogP contribution >= 0.6 is 23.1 Å². The van der Waals surface area contributed by atoms with E-state index < -0.39 is 0 Å². The third kappa shape index (κ3) is 3.86. The number of carbonyl (C=O) groups excluding carboxylic acids is 1. The Morgan fingerprint density at radius 1 is 1.18 bits per heavy atom. The highest BCUT2D eigenvalue weighted by molar-refractivity contribution is 7.98. The van der Waals surface area contributed by atoms with Gasteiger partial charge in [0.15, 0.2) is 4.96 Å². The number of rotatable bonds is 4. The number of nitrogens with zero attached hydrogens (tertiary/aromatic N) is 2. The summed E-state index contributed by atoms with van der Waals surface area (Å²) in [6, 6.07) is 8.03. The molecule has 7 heteroatoms. The van der Waals surface area contributed by atoms with Crippen LogP contribution in [0.5, 0.6) is 0 Å². The number of thioether (sulfide) groups is 1. The van der Waals surface area contributed by atoms with E-state index in [4.69, 9.17) is 0 Å². The first kappa shape index (κ1) is 19.2. The van der Waals surface area contributed by atoms with Gasteiger partial charge in [-0.15, -0.1) is 23.1 Å². The largest absolute Gasteiger partial charge is 0.348 e. The molecule has 5 nitrogen and oxygen atoms in total. The number of aromatic nitrogens is 2. The molecule has 0 atom stereocenters. The van der Waals surface area contributed by atoms with Gasteiger partial charge in [-0.25, -0.2) is 4.98 Å². The van der Waals surface area contributed by atoms with Crippen molar-refractivity contribution in [1.82, 2.24) is 14.7 Å². The average molecular weight is 414 g/mol. The molecule has 0 saturated heterocycles. The number of fused-ring (bicyclic) bond motifs is 3. The number of hydrogen-bond donors (Lipinski definition) is 1. The standard InChI is InChI=1S/C21H23N3O2S2/c1-27-15-10-8-14(9-11-15)12-22-19(25)16-13-23-21-24(20(16)26)17-6-4-2-3-5-7-18(17)28-21/h8-11,13H,2-7,12H2,1H3,(H,22,25). The molecule has 1 aliphatic carbocycles. The first-order valence-electron chi connectivity index (χ1n) is 9.61. The Bertz CT molecular complexity index is 1050. The maximum absolute atomic E-state index is 13.1. The molecule has 2 heterocycles. The van der Waals surface area contributed by atoms with Gasteiger partial charge in [0.25, 0.3) is 11.5 Å². The lowest BCUT2D eigenvalue weighted by molar-refractivity contribution is 0.0949. The molecule has 28 heavy (non-hydrogen) atoms. The van der Waals surface area contributed by atoms with Crippen molar-refractivity contribution in [2.75, 3.05) is 6.26 Å². The summed E-state index contributed by atoms with van der Waals surface area (Å²) in [4.78, 5) is 33.3. The van der Waals surface area contributed by atoms with Crippen molar-refractivity contribution >= 4 is 34.0 Å². The summed E-state index contributed by atoms with van der Waals surface area (Å²) in [5.41, 5.74) is 1.92. The van der Waals surface area contributed by atoms with E-state index in [1.807, 2.05) is 30.5 Å². The third-order valence-corrected chi connectivity index (χ3v) is 7.06. The predicted octanol–water partition coefficient (Wildman–Crippen LogP) is 4.07. The number of thiazole rings is 1. The Labute approximate surface area is 172 Å². The van der Waals surface area contributed by atoms with Gasteiger partial charge in [-0.1, -0.05) is 25.0 Å². The van der Waals surface area contributed by atoms with Crippen LogP contribution < -0.4 is 10.9 Å². The number of carbonyl (C=O) groups is 1. The van der Waals surface area contributed by atoms with Gasteiger partial charge in [-0.05, 0) is 49.6 Å². The zero-order valence-corrected chi connectivity index (χ0v) is 17.5. The monoisotopic (exact) mass is 413 g/mol. The maximum atomic E-state index is 13.1. The first-order chi connectivity index (χ1) is 13.7. The summed E-state index contributed by atoms with van der Waals surface area (Å²) >= 11 is 3.27. The second kappa shape index (κ2) is 8.49. The fourth-order valence-corrected chi connectivity index (χ4v) is 5.17. The van der Waals surface area contributed by atoms with Crippen LogP contribution in [0.2, 0.25) is 0 Å². The molecule has 0 spiro atoms. The smallest absolute Gasteiger partial charge is 0.271 e. The Balaban J connectivity index is 1.59. The lowest BCUT2D eigenvalue weighted by atomic mass is 10.0. The van der Waals surface area contributed by atoms with Crippen molar-refractivity contribution in [3.05, 3.63) is 62.5 Å². The van der Waals surface area contributed by atoms with Crippen LogP contribution in [0, 0.1) is 0 Å². The molecule has 0 bridgehead atoms. The second-order valence-electron chi connectivity index (χ2n) is 7.01. The highest BCUT2D eigenvalue weighted by Gasteiger charge is 2.20. The van der Waals surface area contributed by atoms with Crippen LogP contribution in [0.3, 0.4) is 0 Å². The molecule has 2 aromatic heterocycles. The normalized spacial score (nSPS) is 14.3. The number of benzene rings is 1. The van der Waals surface area contributed by atoms with E-state index in [2.05, 4.69) is 10.3 Å². The topological polar surface area (TPSA) is 63.5 Å². The van der Waals surface area contributed by atoms with E-state index >= 15 is 0 Å². The Kier molecular flexibility index (Phi) is 5.82. The molecule has 0 fully saturated rings. The van der Waals surface area contributed by atoms with Crippen molar-refractivity contribution in [1.29, 1.82) is 0 Å². The summed E-state index contributed by atoms with van der Waals surface area (Å²) in [5.74, 6) is -0.369. The van der Waals surface area contributed by atoms with Crippen LogP contribution in [0.4, 0.5) is 0 Å². The van der Waals surface area contributed by atoms with Crippen LogP contribution in [0.15, 0.2) is 40.2 Å². The van der Waals surface area contributed by atoms with Crippen molar-refractivity contribution in [3.63, 3.8) is 0 Å². The fourth-order valence-electron chi connectivity index (χ4n) is 3.60. The average Bonchev–Trinajstić information content (AvgIpc) is 3.04. The summed E-state index contributed by atoms with van der Waals surface area (Å²) in [5, 5.41) is 2.86. The van der Waals surface area contributed by atoms with Crippen LogP contribution in [0.1, 0.15) is 52.2 Å². The Hall–Kier alpha value is -2.12. The zero-order valence-electron chi connectivity index (χ0n) is 15.9. The summed E-state index contributed by atoms with van der Waals surface area (Å²) in [6.07, 6.45) is 9.98. The molecule has 0 radical (unpaired) electrons. The van der Waals surface area contributed by atoms with Crippen molar-refractivity contribution < 1.29 is 4.79 Å². The molecule has 1 amide bonds. The SMILES string of the molecule is CSc1ccc(CNC(=O)c2cnc3sc4c(n3c2=O)CCCCCC4)cc1. The third-order valence-electron chi connectivity index (χ3n) is 5.16. The van der Waals surface area contributed by atoms with Gasteiger partial charge in [0.1, 0.15) is 5.56 Å². The molecule has 0 unspecified atom stereocenters. The van der Waals surface area contributed by atoms with E-state index in [0.717, 1.165) is 36.9 Å². The van der Waals surface area contributed by atoms with Gasteiger partial charge >= 0.3 is 0 Å². The van der Waals surface area contributed by atoms with Crippen molar-refractivity contribution in [2.24, 2.45) is 0 Å². The Morgan fingerprint density at radius 3 is 2.68 bits per heavy atom. The van der Waals surface area contributed by atoms with Crippen LogP contribution in [-0.4, -0.2) is 21.5 Å². The molecule has 3 aromatic rings. The molecular weight excluding hydrogens is 390 g/mol. The number of nitrogens with one attached hydrogen (secondary N) is 1. The van der Waals surface area contributed by atoms with Gasteiger partial charge < -0.3 is 5.32 Å². The lowest BCUT2D eigenvalue weighted by Gasteiger charge is -2.10. The highest BCUT2D eigenvalue weighted by atomic mass is 32.2. The van der Waals surface area contributed by atoms with Crippen molar-refractivity contribution in [2.45, 2.75) is 50.0 Å². The molecule has 1 aliphatic rings. The summed E-state index contributed by atoms with van der Waals surface area (Å²) in [7, 11) is 0. The van der Waals surface area contributed by atoms with E-state index in [0.29, 0.717) is 11.5 Å². The van der Waals surface area contributed by atoms with Gasteiger partial charge in [-0.3, -0.25) is 14.0 Å². The number of aryl methyl sites for hydroxylation is 2. The fraction of sp³-hybridized carbons (Fsp3) is 0.381. The van der Waals surface area contributed by atoms with Gasteiger partial charge in [-0.2, -0.15) is 0 Å². The zero-order chi connectivity index (χ0) is 19.5. The van der Waals surface area contributed by atoms with Gasteiger partial charge in [0, 0.05) is 28.2 Å². The Morgan fingerprint density at radius 2 is 1.93 bits per heavy atom. The number of hydrogen-bond acceptors (Lipinski definition) is 5. The summed E-state index contributed by atoms with van der Waals surface area (Å²) < 4.78 is 1.67. The summed E-state index contributed by atoms with van der Waals surface area (Å²) in [6.45, 7) is 0.386. The van der Waals surface area contributed by atoms with Gasteiger partial charge in [0.2, 0.25) is 0 Å². The van der Waals surface area contributed by atoms with E-state index in [9.17, 15) is 9.59 Å². The molecule has 0 aliphatic heterocycles. The molecular formula is C21H23N3O2S2. The highest BCUT2D eigenvalue weighted by Crippen LogP contribution is 2.27. The van der Waals surface area contributed by atoms with Crippen molar-refractivity contribution in [3.8, 4) is 0 Å². The molecule has 4 rings (SSSR count). The predicted molar refractivity (Wildman–Crippen MR) is 115 cm³/mol. The van der Waals surface area contributed by atoms with E-state index in [-0.39, 0.29) is 17.0 Å². The van der Waals surface area contributed by atoms with Crippen LogP contribution in [0.25, 0.3) is 4.96 Å². The molecule has 1 N–H and O–H groups in total. The molecule has 146 valence electrons. The number of amides is 1. The molecule has 0 saturated carbocycles. The minimum atomic E-state index is -0.369. The van der Waals surface area contributed by atoms with Gasteiger partial charge in [0.05, 0.1) is 0 Å².